The third kappa shape index (κ3) is 4.79. The van der Waals surface area contributed by atoms with Crippen molar-refractivity contribution < 1.29 is 4.79 Å². The minimum Gasteiger partial charge on any atom is -0.369 e. The summed E-state index contributed by atoms with van der Waals surface area (Å²) >= 11 is 0. The average molecular weight is 449 g/mol. The lowest BCUT2D eigenvalue weighted by Gasteiger charge is -2.35. The van der Waals surface area contributed by atoms with Crippen LogP contribution < -0.4 is 20.9 Å². The predicted molar refractivity (Wildman–Crippen MR) is 132 cm³/mol. The summed E-state index contributed by atoms with van der Waals surface area (Å²) in [5, 5.41) is 4.44. The first-order valence-electron chi connectivity index (χ1n) is 11.8. The van der Waals surface area contributed by atoms with E-state index in [1.807, 2.05) is 12.3 Å². The van der Waals surface area contributed by atoms with Crippen molar-refractivity contribution in [3.8, 4) is 0 Å². The van der Waals surface area contributed by atoms with Gasteiger partial charge in [-0.3, -0.25) is 4.90 Å². The van der Waals surface area contributed by atoms with Crippen LogP contribution in [0.4, 0.5) is 23.1 Å². The van der Waals surface area contributed by atoms with Crippen molar-refractivity contribution in [1.29, 1.82) is 0 Å². The van der Waals surface area contributed by atoms with Crippen LogP contribution in [0, 0.1) is 5.92 Å². The van der Waals surface area contributed by atoms with E-state index in [1.54, 1.807) is 0 Å². The molecule has 2 aliphatic rings. The zero-order chi connectivity index (χ0) is 22.6. The van der Waals surface area contributed by atoms with Gasteiger partial charge >= 0.3 is 0 Å². The summed E-state index contributed by atoms with van der Waals surface area (Å²) in [6, 6.07) is 10.4. The van der Waals surface area contributed by atoms with E-state index in [9.17, 15) is 4.79 Å². The topological polar surface area (TPSA) is 106 Å². The van der Waals surface area contributed by atoms with E-state index in [1.165, 1.54) is 5.69 Å². The van der Waals surface area contributed by atoms with E-state index in [0.29, 0.717) is 18.4 Å². The van der Waals surface area contributed by atoms with Gasteiger partial charge in [-0.2, -0.15) is 9.97 Å². The van der Waals surface area contributed by atoms with Crippen molar-refractivity contribution >= 4 is 40.5 Å². The Morgan fingerprint density at radius 2 is 1.76 bits per heavy atom. The van der Waals surface area contributed by atoms with Crippen LogP contribution >= 0.6 is 0 Å². The van der Waals surface area contributed by atoms with Gasteiger partial charge in [-0.15, -0.1) is 0 Å². The zero-order valence-electron chi connectivity index (χ0n) is 18.9. The number of rotatable bonds is 7. The number of nitrogens with one attached hydrogen (secondary N) is 2. The fraction of sp³-hybridized carbons (Fsp3) is 0.458. The van der Waals surface area contributed by atoms with E-state index in [4.69, 9.17) is 10.7 Å². The second-order valence-electron chi connectivity index (χ2n) is 8.90. The van der Waals surface area contributed by atoms with Gasteiger partial charge in [0.15, 0.2) is 0 Å². The van der Waals surface area contributed by atoms with Crippen LogP contribution in [0.3, 0.4) is 0 Å². The predicted octanol–water partition coefficient (Wildman–Crippen LogP) is 2.20. The molecule has 0 unspecified atom stereocenters. The molecule has 174 valence electrons. The lowest BCUT2D eigenvalue weighted by Crippen LogP contribution is -2.46. The van der Waals surface area contributed by atoms with E-state index in [0.717, 1.165) is 87.5 Å². The summed E-state index contributed by atoms with van der Waals surface area (Å²) < 4.78 is 0. The standard InChI is InChI=1S/C24H32N8O/c25-17-18-6-9-32(10-7-18)23-21-5-8-26-22(21)28-24(29-23)27-19-1-3-20(4-2-19)31-13-11-30(12-14-31)15-16-33/h1-5,8,16,18H,6-7,9-15,17,25H2,(H2,26,27,28,29). The quantitative estimate of drug-likeness (QED) is 0.473. The molecule has 0 radical (unpaired) electrons. The van der Waals surface area contributed by atoms with Crippen molar-refractivity contribution in [3.05, 3.63) is 36.5 Å². The van der Waals surface area contributed by atoms with Gasteiger partial charge in [0.1, 0.15) is 17.8 Å². The molecular weight excluding hydrogens is 416 g/mol. The maximum atomic E-state index is 10.7. The Morgan fingerprint density at radius 1 is 1.00 bits per heavy atom. The molecule has 2 aliphatic heterocycles. The van der Waals surface area contributed by atoms with Crippen LogP contribution in [-0.2, 0) is 4.79 Å². The van der Waals surface area contributed by atoms with Gasteiger partial charge in [0.25, 0.3) is 0 Å². The first-order valence-corrected chi connectivity index (χ1v) is 11.8. The normalized spacial score (nSPS) is 18.1. The van der Waals surface area contributed by atoms with Crippen LogP contribution in [-0.4, -0.2) is 78.5 Å². The third-order valence-electron chi connectivity index (χ3n) is 6.84. The largest absolute Gasteiger partial charge is 0.369 e. The summed E-state index contributed by atoms with van der Waals surface area (Å²) in [5.74, 6) is 2.18. The number of piperidine rings is 1. The number of hydrogen-bond donors (Lipinski definition) is 3. The summed E-state index contributed by atoms with van der Waals surface area (Å²) in [5.41, 5.74) is 8.86. The molecule has 33 heavy (non-hydrogen) atoms. The van der Waals surface area contributed by atoms with E-state index < -0.39 is 0 Å². The van der Waals surface area contributed by atoms with Crippen LogP contribution in [0.15, 0.2) is 36.5 Å². The van der Waals surface area contributed by atoms with Gasteiger partial charge in [0, 0.05) is 56.8 Å². The molecule has 0 aliphatic carbocycles. The number of piperazine rings is 1. The van der Waals surface area contributed by atoms with Gasteiger partial charge in [-0.25, -0.2) is 0 Å². The zero-order valence-corrected chi connectivity index (χ0v) is 18.9. The molecule has 9 nitrogen and oxygen atoms in total. The second-order valence-corrected chi connectivity index (χ2v) is 8.90. The number of H-pyrrole nitrogens is 1. The maximum absolute atomic E-state index is 10.7. The number of hydrogen-bond acceptors (Lipinski definition) is 8. The summed E-state index contributed by atoms with van der Waals surface area (Å²) in [6.45, 7) is 6.89. The molecular formula is C24H32N8O. The lowest BCUT2D eigenvalue weighted by atomic mass is 9.97. The van der Waals surface area contributed by atoms with Crippen molar-refractivity contribution in [1.82, 2.24) is 19.9 Å². The molecule has 0 saturated carbocycles. The van der Waals surface area contributed by atoms with Crippen LogP contribution in [0.25, 0.3) is 11.0 Å². The first-order chi connectivity index (χ1) is 16.2. The number of aromatic nitrogens is 3. The van der Waals surface area contributed by atoms with Gasteiger partial charge in [-0.05, 0) is 55.6 Å². The summed E-state index contributed by atoms with van der Waals surface area (Å²) in [7, 11) is 0. The van der Waals surface area contributed by atoms with Crippen LogP contribution in [0.1, 0.15) is 12.8 Å². The maximum Gasteiger partial charge on any atom is 0.231 e. The monoisotopic (exact) mass is 448 g/mol. The minimum absolute atomic E-state index is 0.523. The number of carbonyl (C=O) groups is 1. The Hall–Kier alpha value is -3.17. The van der Waals surface area contributed by atoms with Gasteiger partial charge < -0.3 is 30.6 Å². The highest BCUT2D eigenvalue weighted by Crippen LogP contribution is 2.29. The number of nitrogens with two attached hydrogens (primary N) is 1. The minimum atomic E-state index is 0.523. The fourth-order valence-electron chi connectivity index (χ4n) is 4.78. The number of fused-ring (bicyclic) bond motifs is 1. The van der Waals surface area contributed by atoms with E-state index >= 15 is 0 Å². The van der Waals surface area contributed by atoms with Crippen molar-refractivity contribution in [2.75, 3.05) is 67.5 Å². The van der Waals surface area contributed by atoms with Crippen molar-refractivity contribution in [2.24, 2.45) is 11.7 Å². The van der Waals surface area contributed by atoms with E-state index in [-0.39, 0.29) is 0 Å². The summed E-state index contributed by atoms with van der Waals surface area (Å²) in [6.07, 6.45) is 5.10. The molecule has 0 atom stereocenters. The Morgan fingerprint density at radius 3 is 2.45 bits per heavy atom. The van der Waals surface area contributed by atoms with Gasteiger partial charge in [-0.1, -0.05) is 0 Å². The second kappa shape index (κ2) is 9.76. The highest BCUT2D eigenvalue weighted by atomic mass is 16.1. The van der Waals surface area contributed by atoms with Crippen molar-refractivity contribution in [2.45, 2.75) is 12.8 Å². The molecule has 1 aromatic carbocycles. The molecule has 2 fully saturated rings. The summed E-state index contributed by atoms with van der Waals surface area (Å²) in [4.78, 5) is 30.4. The smallest absolute Gasteiger partial charge is 0.231 e. The lowest BCUT2D eigenvalue weighted by molar-refractivity contribution is -0.108. The fourth-order valence-corrected chi connectivity index (χ4v) is 4.78. The SMILES string of the molecule is NCC1CCN(c2nc(Nc3ccc(N4CCN(CC=O)CC4)cc3)nc3[nH]ccc23)CC1. The number of aromatic amines is 1. The molecule has 0 spiro atoms. The highest BCUT2D eigenvalue weighted by molar-refractivity contribution is 5.89. The molecule has 0 amide bonds. The van der Waals surface area contributed by atoms with Crippen LogP contribution in [0.5, 0.6) is 0 Å². The Bertz CT molecular complexity index is 1070. The third-order valence-corrected chi connectivity index (χ3v) is 6.84. The number of aldehydes is 1. The Kier molecular flexibility index (Phi) is 6.41. The van der Waals surface area contributed by atoms with Crippen molar-refractivity contribution in [3.63, 3.8) is 0 Å². The number of nitrogens with zero attached hydrogens (tertiary/aromatic N) is 5. The Labute approximate surface area is 194 Å². The Balaban J connectivity index is 1.29. The van der Waals surface area contributed by atoms with Gasteiger partial charge in [0.2, 0.25) is 5.95 Å². The number of anilines is 4. The van der Waals surface area contributed by atoms with Gasteiger partial charge in [0.05, 0.1) is 11.9 Å². The molecule has 4 heterocycles. The molecule has 2 aromatic heterocycles. The molecule has 5 rings (SSSR count). The van der Waals surface area contributed by atoms with E-state index in [2.05, 4.69) is 54.2 Å². The first kappa shape index (κ1) is 21.7. The number of benzene rings is 1. The molecule has 9 heteroatoms. The highest BCUT2D eigenvalue weighted by Gasteiger charge is 2.22. The molecule has 4 N–H and O–H groups in total. The molecule has 0 bridgehead atoms. The average Bonchev–Trinajstić information content (AvgIpc) is 3.34. The number of carbonyl (C=O) groups excluding carboxylic acids is 1. The molecule has 3 aromatic rings. The molecule has 2 saturated heterocycles. The van der Waals surface area contributed by atoms with Crippen LogP contribution in [0.2, 0.25) is 0 Å².